The van der Waals surface area contributed by atoms with E-state index in [4.69, 9.17) is 0 Å². The number of hydrogen-bond acceptors (Lipinski definition) is 6. The Labute approximate surface area is 174 Å². The van der Waals surface area contributed by atoms with Gasteiger partial charge in [0.2, 0.25) is 0 Å². The number of ketones is 1. The van der Waals surface area contributed by atoms with Crippen LogP contribution in [0, 0.1) is 21.4 Å². The van der Waals surface area contributed by atoms with Gasteiger partial charge in [-0.15, -0.1) is 0 Å². The summed E-state index contributed by atoms with van der Waals surface area (Å²) in [5.41, 5.74) is -3.23. The highest BCUT2D eigenvalue weighted by Gasteiger charge is 2.67. The molecule has 0 aromatic heterocycles. The number of nitro benzene ring substituents is 1. The Hall–Kier alpha value is -4.08. The van der Waals surface area contributed by atoms with Crippen LogP contribution in [0.1, 0.15) is 29.4 Å². The summed E-state index contributed by atoms with van der Waals surface area (Å²) in [6.07, 6.45) is -0.620. The highest BCUT2D eigenvalue weighted by molar-refractivity contribution is 6.09. The van der Waals surface area contributed by atoms with Crippen LogP contribution in [0.15, 0.2) is 54.6 Å². The maximum Gasteiger partial charge on any atom is 0.322 e. The van der Waals surface area contributed by atoms with E-state index in [0.29, 0.717) is 0 Å². The standard InChI is InChI=1S/C21H17NO9/c23-15-10-14(11-5-2-1-3-6-11)21(19(26)27,20(28)29)17(16(15)18(24)25)12-7-4-8-13(9-12)22(30)31/h1-9,14,16-17H,10H2,(H,24,25)(H,26,27)(H,28,29). The highest BCUT2D eigenvalue weighted by atomic mass is 16.6. The molecule has 31 heavy (non-hydrogen) atoms. The van der Waals surface area contributed by atoms with Gasteiger partial charge < -0.3 is 15.3 Å². The molecule has 2 aromatic rings. The zero-order valence-corrected chi connectivity index (χ0v) is 15.9. The monoisotopic (exact) mass is 427 g/mol. The van der Waals surface area contributed by atoms with E-state index >= 15 is 0 Å². The zero-order valence-electron chi connectivity index (χ0n) is 15.9. The Balaban J connectivity index is 2.39. The van der Waals surface area contributed by atoms with Crippen molar-refractivity contribution < 1.29 is 39.4 Å². The molecule has 0 amide bonds. The number of carbonyl (C=O) groups excluding carboxylic acids is 1. The SMILES string of the molecule is O=C(O)C1C(=O)CC(c2ccccc2)C(C(=O)O)(C(=O)O)C1c1cccc([N+](=O)[O-])c1. The summed E-state index contributed by atoms with van der Waals surface area (Å²) >= 11 is 0. The summed E-state index contributed by atoms with van der Waals surface area (Å²) in [4.78, 5) is 60.4. The average Bonchev–Trinajstić information content (AvgIpc) is 2.72. The van der Waals surface area contributed by atoms with Gasteiger partial charge in [0.05, 0.1) is 4.92 Å². The van der Waals surface area contributed by atoms with Crippen LogP contribution < -0.4 is 0 Å². The minimum Gasteiger partial charge on any atom is -0.481 e. The summed E-state index contributed by atoms with van der Waals surface area (Å²) < 4.78 is 0. The van der Waals surface area contributed by atoms with Gasteiger partial charge in [0.15, 0.2) is 5.41 Å². The highest BCUT2D eigenvalue weighted by Crippen LogP contribution is 2.57. The fourth-order valence-corrected chi connectivity index (χ4v) is 4.44. The molecule has 0 spiro atoms. The lowest BCUT2D eigenvalue weighted by Gasteiger charge is -2.45. The first-order valence-electron chi connectivity index (χ1n) is 9.14. The van der Waals surface area contributed by atoms with Crippen LogP contribution in [0.4, 0.5) is 5.69 Å². The minimum absolute atomic E-state index is 0.222. The van der Waals surface area contributed by atoms with Crippen LogP contribution in [0.2, 0.25) is 0 Å². The van der Waals surface area contributed by atoms with Crippen molar-refractivity contribution in [3.63, 3.8) is 0 Å². The van der Waals surface area contributed by atoms with Gasteiger partial charge in [0.1, 0.15) is 11.7 Å². The van der Waals surface area contributed by atoms with Crippen molar-refractivity contribution in [2.75, 3.05) is 0 Å². The number of nitro groups is 1. The first-order valence-corrected chi connectivity index (χ1v) is 9.14. The average molecular weight is 427 g/mol. The second kappa shape index (κ2) is 7.98. The van der Waals surface area contributed by atoms with Crippen molar-refractivity contribution in [2.24, 2.45) is 11.3 Å². The van der Waals surface area contributed by atoms with E-state index in [1.54, 1.807) is 18.2 Å². The summed E-state index contributed by atoms with van der Waals surface area (Å²) in [5.74, 6) is -11.5. The molecule has 2 aromatic carbocycles. The molecule has 10 heteroatoms. The fourth-order valence-electron chi connectivity index (χ4n) is 4.44. The zero-order chi connectivity index (χ0) is 22.9. The van der Waals surface area contributed by atoms with Gasteiger partial charge in [-0.25, -0.2) is 0 Å². The van der Waals surface area contributed by atoms with Gasteiger partial charge in [0.25, 0.3) is 5.69 Å². The van der Waals surface area contributed by atoms with Crippen LogP contribution in [-0.4, -0.2) is 43.9 Å². The lowest BCUT2D eigenvalue weighted by atomic mass is 9.52. The van der Waals surface area contributed by atoms with Gasteiger partial charge in [-0.05, 0) is 11.1 Å². The Morgan fingerprint density at radius 3 is 2.03 bits per heavy atom. The molecule has 0 aliphatic heterocycles. The Bertz CT molecular complexity index is 1070. The smallest absolute Gasteiger partial charge is 0.322 e. The molecular weight excluding hydrogens is 410 g/mol. The van der Waals surface area contributed by atoms with Crippen LogP contribution >= 0.6 is 0 Å². The second-order valence-corrected chi connectivity index (χ2v) is 7.26. The van der Waals surface area contributed by atoms with Crippen LogP contribution in [0.3, 0.4) is 0 Å². The Kier molecular flexibility index (Phi) is 5.56. The van der Waals surface area contributed by atoms with Crippen molar-refractivity contribution in [1.29, 1.82) is 0 Å². The van der Waals surface area contributed by atoms with Gasteiger partial charge in [-0.1, -0.05) is 42.5 Å². The second-order valence-electron chi connectivity index (χ2n) is 7.26. The third-order valence-corrected chi connectivity index (χ3v) is 5.74. The molecule has 0 saturated heterocycles. The number of rotatable bonds is 6. The molecule has 160 valence electrons. The van der Waals surface area contributed by atoms with Crippen LogP contribution in [0.25, 0.3) is 0 Å². The number of Topliss-reactive ketones (excluding diaryl/α,β-unsaturated/α-hetero) is 1. The van der Waals surface area contributed by atoms with Crippen LogP contribution in [-0.2, 0) is 19.2 Å². The lowest BCUT2D eigenvalue weighted by molar-refractivity contribution is -0.385. The van der Waals surface area contributed by atoms with Crippen LogP contribution in [0.5, 0.6) is 0 Å². The summed E-state index contributed by atoms with van der Waals surface area (Å²) in [6.45, 7) is 0. The predicted molar refractivity (Wildman–Crippen MR) is 103 cm³/mol. The van der Waals surface area contributed by atoms with Gasteiger partial charge in [-0.2, -0.15) is 0 Å². The van der Waals surface area contributed by atoms with Crippen molar-refractivity contribution in [3.8, 4) is 0 Å². The first-order chi connectivity index (χ1) is 14.6. The van der Waals surface area contributed by atoms with E-state index in [2.05, 4.69) is 0 Å². The predicted octanol–water partition coefficient (Wildman–Crippen LogP) is 2.29. The molecule has 3 atom stereocenters. The molecule has 1 aliphatic carbocycles. The van der Waals surface area contributed by atoms with E-state index in [1.165, 1.54) is 24.3 Å². The van der Waals surface area contributed by atoms with Crippen molar-refractivity contribution in [1.82, 2.24) is 0 Å². The molecule has 0 radical (unpaired) electrons. The maximum atomic E-state index is 12.9. The number of hydrogen-bond donors (Lipinski definition) is 3. The van der Waals surface area contributed by atoms with E-state index < -0.39 is 63.9 Å². The number of carboxylic acid groups (broad SMARTS) is 3. The minimum atomic E-state index is -2.76. The van der Waals surface area contributed by atoms with Gasteiger partial charge in [0, 0.05) is 30.4 Å². The van der Waals surface area contributed by atoms with E-state index in [0.717, 1.165) is 12.1 Å². The molecule has 0 heterocycles. The van der Waals surface area contributed by atoms with E-state index in [-0.39, 0.29) is 11.1 Å². The van der Waals surface area contributed by atoms with Crippen molar-refractivity contribution >= 4 is 29.4 Å². The van der Waals surface area contributed by atoms with Gasteiger partial charge in [-0.3, -0.25) is 29.3 Å². The van der Waals surface area contributed by atoms with Crippen molar-refractivity contribution in [3.05, 3.63) is 75.8 Å². The number of benzene rings is 2. The molecule has 10 nitrogen and oxygen atoms in total. The molecular formula is C21H17NO9. The fraction of sp³-hybridized carbons (Fsp3) is 0.238. The molecule has 1 saturated carbocycles. The summed E-state index contributed by atoms with van der Waals surface area (Å²) in [6, 6.07) is 12.0. The van der Waals surface area contributed by atoms with E-state index in [9.17, 15) is 44.6 Å². The maximum absolute atomic E-state index is 12.9. The number of carbonyl (C=O) groups is 4. The number of nitrogens with zero attached hydrogens (tertiary/aromatic N) is 1. The number of carboxylic acids is 3. The molecule has 1 fully saturated rings. The molecule has 3 rings (SSSR count). The molecule has 3 N–H and O–H groups in total. The first kappa shape index (κ1) is 21.6. The lowest BCUT2D eigenvalue weighted by Crippen LogP contribution is -2.57. The van der Waals surface area contributed by atoms with E-state index in [1.807, 2.05) is 0 Å². The Morgan fingerprint density at radius 2 is 1.52 bits per heavy atom. The third-order valence-electron chi connectivity index (χ3n) is 5.74. The summed E-state index contributed by atoms with van der Waals surface area (Å²) in [7, 11) is 0. The third kappa shape index (κ3) is 3.41. The Morgan fingerprint density at radius 1 is 0.935 bits per heavy atom. The topological polar surface area (TPSA) is 172 Å². The molecule has 1 aliphatic rings. The quantitative estimate of drug-likeness (QED) is 0.355. The van der Waals surface area contributed by atoms with Crippen molar-refractivity contribution in [2.45, 2.75) is 18.3 Å². The molecule has 3 unspecified atom stereocenters. The summed E-state index contributed by atoms with van der Waals surface area (Å²) in [5, 5.41) is 41.3. The largest absolute Gasteiger partial charge is 0.481 e. The van der Waals surface area contributed by atoms with Gasteiger partial charge >= 0.3 is 17.9 Å². The number of non-ortho nitro benzene ring substituents is 1. The number of aliphatic carboxylic acids is 3. The molecule has 0 bridgehead atoms. The normalized spacial score (nSPS) is 22.5.